The molecule has 12 heteroatoms. The number of nitrogens with one attached hydrogen (secondary N) is 3. The van der Waals surface area contributed by atoms with Crippen molar-refractivity contribution >= 4 is 23.4 Å². The third-order valence-electron chi connectivity index (χ3n) is 9.56. The van der Waals surface area contributed by atoms with E-state index in [1.165, 1.54) is 0 Å². The molecule has 5 N–H and O–H groups in total. The van der Waals surface area contributed by atoms with E-state index in [2.05, 4.69) is 43.2 Å². The third-order valence-corrected chi connectivity index (χ3v) is 9.56. The zero-order valence-electron chi connectivity index (χ0n) is 27.3. The van der Waals surface area contributed by atoms with Crippen LogP contribution in [0, 0.1) is 11.8 Å². The fraction of sp³-hybridized carbons (Fsp3) is 0.389. The van der Waals surface area contributed by atoms with Gasteiger partial charge in [-0.05, 0) is 103 Å². The van der Waals surface area contributed by atoms with Gasteiger partial charge in [0.15, 0.2) is 0 Å². The molecule has 0 radical (unpaired) electrons. The van der Waals surface area contributed by atoms with Gasteiger partial charge in [-0.1, -0.05) is 36.4 Å². The maximum absolute atomic E-state index is 13.7. The molecular weight excluding hydrogens is 606 g/mol. The molecule has 1 aromatic heterocycles. The normalized spacial score (nSPS) is 19.0. The number of tetrazole rings is 1. The second-order valence-electron chi connectivity index (χ2n) is 12.9. The van der Waals surface area contributed by atoms with Crippen LogP contribution in [0.5, 0.6) is 0 Å². The summed E-state index contributed by atoms with van der Waals surface area (Å²) in [4.78, 5) is 44.4. The average Bonchev–Trinajstić information content (AvgIpc) is 3.67. The van der Waals surface area contributed by atoms with E-state index in [1.54, 1.807) is 24.3 Å². The minimum atomic E-state index is -0.791. The predicted molar refractivity (Wildman–Crippen MR) is 184 cm³/mol. The molecule has 1 aliphatic carbocycles. The highest BCUT2D eigenvalue weighted by Crippen LogP contribution is 2.29. The number of rotatable bonds is 10. The van der Waals surface area contributed by atoms with Crippen LogP contribution < -0.4 is 16.4 Å². The standard InChI is InChI=1S/C36H43N9O3/c1-44-17-19-45(20-18-44)36(48)29-11-9-26(10-12-29)30-4-2-3-25(21-30)22-32(39-34(46)28-7-5-24(23-37)6-8-28)35(47)38-31-15-13-27(14-16-31)33-40-42-43-41-33/h2-4,9-16,21,24,28,32H,5-8,17-20,22-23,37H2,1H3,(H,38,47)(H,39,46)(H,40,41,42,43)/t24?,28?,32-/m0/s1. The van der Waals surface area contributed by atoms with E-state index in [0.717, 1.165) is 74.1 Å². The first-order valence-corrected chi connectivity index (χ1v) is 16.7. The SMILES string of the molecule is CN1CCN(C(=O)c2ccc(-c3cccc(C[C@H](NC(=O)C4CCC(CN)CC4)C(=O)Nc4ccc(-c5nn[nH]n5)cc4)c3)cc2)CC1. The first-order valence-electron chi connectivity index (χ1n) is 16.7. The number of H-pyrrole nitrogens is 1. The second-order valence-corrected chi connectivity index (χ2v) is 12.9. The molecule has 2 aliphatic rings. The molecule has 3 amide bonds. The Morgan fingerprint density at radius 1 is 0.896 bits per heavy atom. The quantitative estimate of drug-likeness (QED) is 0.203. The highest BCUT2D eigenvalue weighted by atomic mass is 16.2. The van der Waals surface area contributed by atoms with Crippen LogP contribution in [-0.4, -0.2) is 94.0 Å². The van der Waals surface area contributed by atoms with Crippen molar-refractivity contribution in [1.82, 2.24) is 35.7 Å². The lowest BCUT2D eigenvalue weighted by Crippen LogP contribution is -2.48. The van der Waals surface area contributed by atoms with Gasteiger partial charge in [-0.25, -0.2) is 0 Å². The van der Waals surface area contributed by atoms with Gasteiger partial charge in [-0.2, -0.15) is 5.21 Å². The lowest BCUT2D eigenvalue weighted by atomic mass is 9.81. The van der Waals surface area contributed by atoms with Crippen molar-refractivity contribution < 1.29 is 14.4 Å². The first kappa shape index (κ1) is 33.0. The zero-order valence-corrected chi connectivity index (χ0v) is 27.3. The Labute approximate surface area is 280 Å². The van der Waals surface area contributed by atoms with E-state index >= 15 is 0 Å². The van der Waals surface area contributed by atoms with E-state index in [-0.39, 0.29) is 23.6 Å². The number of nitrogens with two attached hydrogens (primary N) is 1. The van der Waals surface area contributed by atoms with Gasteiger partial charge < -0.3 is 26.2 Å². The van der Waals surface area contributed by atoms with Crippen molar-refractivity contribution in [2.24, 2.45) is 17.6 Å². The predicted octanol–water partition coefficient (Wildman–Crippen LogP) is 3.35. The number of hydrogen-bond donors (Lipinski definition) is 4. The van der Waals surface area contributed by atoms with Gasteiger partial charge >= 0.3 is 0 Å². The summed E-state index contributed by atoms with van der Waals surface area (Å²) in [5, 5.41) is 20.1. The summed E-state index contributed by atoms with van der Waals surface area (Å²) in [5.74, 6) is 0.409. The number of benzene rings is 3. The zero-order chi connectivity index (χ0) is 33.5. The van der Waals surface area contributed by atoms with Crippen molar-refractivity contribution in [2.75, 3.05) is 45.1 Å². The van der Waals surface area contributed by atoms with Gasteiger partial charge in [-0.15, -0.1) is 10.2 Å². The number of anilines is 1. The smallest absolute Gasteiger partial charge is 0.253 e. The molecule has 12 nitrogen and oxygen atoms in total. The van der Waals surface area contributed by atoms with Gasteiger partial charge in [-0.3, -0.25) is 14.4 Å². The van der Waals surface area contributed by atoms with Crippen LogP contribution in [0.2, 0.25) is 0 Å². The molecule has 1 atom stereocenters. The molecule has 2 fully saturated rings. The molecule has 0 spiro atoms. The Balaban J connectivity index is 1.16. The average molecular weight is 650 g/mol. The number of piperazine rings is 1. The molecule has 6 rings (SSSR count). The summed E-state index contributed by atoms with van der Waals surface area (Å²) in [5.41, 5.74) is 10.7. The molecule has 1 aliphatic heterocycles. The number of aromatic nitrogens is 4. The van der Waals surface area contributed by atoms with Gasteiger partial charge in [0, 0.05) is 55.3 Å². The number of carbonyl (C=O) groups is 3. The van der Waals surface area contributed by atoms with Gasteiger partial charge in [0.25, 0.3) is 5.91 Å². The van der Waals surface area contributed by atoms with Crippen LogP contribution in [-0.2, 0) is 16.0 Å². The maximum Gasteiger partial charge on any atom is 0.253 e. The molecule has 1 saturated heterocycles. The van der Waals surface area contributed by atoms with E-state index in [1.807, 2.05) is 53.4 Å². The number of aromatic amines is 1. The fourth-order valence-electron chi connectivity index (χ4n) is 6.49. The summed E-state index contributed by atoms with van der Waals surface area (Å²) in [6, 6.07) is 22.0. The summed E-state index contributed by atoms with van der Waals surface area (Å²) in [6.07, 6.45) is 3.68. The highest BCUT2D eigenvalue weighted by Gasteiger charge is 2.29. The molecule has 4 aromatic rings. The van der Waals surface area contributed by atoms with Crippen molar-refractivity contribution in [1.29, 1.82) is 0 Å². The molecule has 3 aromatic carbocycles. The monoisotopic (exact) mass is 649 g/mol. The van der Waals surface area contributed by atoms with Crippen molar-refractivity contribution in [3.63, 3.8) is 0 Å². The number of nitrogens with zero attached hydrogens (tertiary/aromatic N) is 5. The van der Waals surface area contributed by atoms with E-state index in [0.29, 0.717) is 36.0 Å². The van der Waals surface area contributed by atoms with E-state index < -0.39 is 6.04 Å². The van der Waals surface area contributed by atoms with E-state index in [9.17, 15) is 14.4 Å². The molecule has 0 bridgehead atoms. The Morgan fingerprint density at radius 3 is 2.27 bits per heavy atom. The van der Waals surface area contributed by atoms with Crippen LogP contribution in [0.3, 0.4) is 0 Å². The molecule has 1 saturated carbocycles. The fourth-order valence-corrected chi connectivity index (χ4v) is 6.49. The van der Waals surface area contributed by atoms with Crippen molar-refractivity contribution in [2.45, 2.75) is 38.1 Å². The second kappa shape index (κ2) is 15.3. The summed E-state index contributed by atoms with van der Waals surface area (Å²) in [6.45, 7) is 3.84. The number of hydrogen-bond acceptors (Lipinski definition) is 8. The van der Waals surface area contributed by atoms with Crippen LogP contribution in [0.4, 0.5) is 5.69 Å². The first-order chi connectivity index (χ1) is 23.4. The summed E-state index contributed by atoms with van der Waals surface area (Å²) < 4.78 is 0. The number of amides is 3. The minimum Gasteiger partial charge on any atom is -0.344 e. The van der Waals surface area contributed by atoms with Crippen LogP contribution in [0.15, 0.2) is 72.8 Å². The van der Waals surface area contributed by atoms with Crippen molar-refractivity contribution in [3.05, 3.63) is 83.9 Å². The lowest BCUT2D eigenvalue weighted by molar-refractivity contribution is -0.130. The molecule has 48 heavy (non-hydrogen) atoms. The molecular formula is C36H43N9O3. The number of carbonyl (C=O) groups excluding carboxylic acids is 3. The lowest BCUT2D eigenvalue weighted by Gasteiger charge is -2.32. The Morgan fingerprint density at radius 2 is 1.60 bits per heavy atom. The number of likely N-dealkylation sites (N-methyl/N-ethyl adjacent to an activating group) is 1. The Hall–Kier alpha value is -4.94. The van der Waals surface area contributed by atoms with Gasteiger partial charge in [0.05, 0.1) is 0 Å². The van der Waals surface area contributed by atoms with Gasteiger partial charge in [0.2, 0.25) is 17.6 Å². The largest absolute Gasteiger partial charge is 0.344 e. The molecule has 2 heterocycles. The highest BCUT2D eigenvalue weighted by molar-refractivity contribution is 5.98. The third kappa shape index (κ3) is 8.12. The topological polar surface area (TPSA) is 162 Å². The van der Waals surface area contributed by atoms with Crippen LogP contribution in [0.25, 0.3) is 22.5 Å². The van der Waals surface area contributed by atoms with E-state index in [4.69, 9.17) is 5.73 Å². The van der Waals surface area contributed by atoms with Crippen LogP contribution >= 0.6 is 0 Å². The molecule has 0 unspecified atom stereocenters. The Kier molecular flexibility index (Phi) is 10.5. The minimum absolute atomic E-state index is 0.0500. The molecule has 250 valence electrons. The maximum atomic E-state index is 13.7. The summed E-state index contributed by atoms with van der Waals surface area (Å²) >= 11 is 0. The van der Waals surface area contributed by atoms with Crippen molar-refractivity contribution in [3.8, 4) is 22.5 Å². The van der Waals surface area contributed by atoms with Crippen LogP contribution in [0.1, 0.15) is 41.6 Å². The Bertz CT molecular complexity index is 1680. The van der Waals surface area contributed by atoms with Gasteiger partial charge in [0.1, 0.15) is 6.04 Å². The summed E-state index contributed by atoms with van der Waals surface area (Å²) in [7, 11) is 2.07.